The van der Waals surface area contributed by atoms with Gasteiger partial charge in [-0.2, -0.15) is 0 Å². The fraction of sp³-hybridized carbons (Fsp3) is 0.278. The number of rotatable bonds is 3. The summed E-state index contributed by atoms with van der Waals surface area (Å²) in [6.45, 7) is 1.48. The second-order valence-corrected chi connectivity index (χ2v) is 5.81. The lowest BCUT2D eigenvalue weighted by atomic mass is 9.95. The van der Waals surface area contributed by atoms with E-state index in [1.54, 1.807) is 0 Å². The van der Waals surface area contributed by atoms with Gasteiger partial charge in [-0.15, -0.1) is 12.4 Å². The minimum absolute atomic E-state index is 0. The van der Waals surface area contributed by atoms with Crippen LogP contribution in [0.5, 0.6) is 11.5 Å². The fourth-order valence-corrected chi connectivity index (χ4v) is 3.00. The number of nitrogens with one attached hydrogen (secondary N) is 2. The van der Waals surface area contributed by atoms with Crippen molar-refractivity contribution in [2.45, 2.75) is 25.6 Å². The first kappa shape index (κ1) is 16.6. The number of fused-ring (bicyclic) bond motifs is 2. The predicted octanol–water partition coefficient (Wildman–Crippen LogP) is 2.17. The highest BCUT2D eigenvalue weighted by Gasteiger charge is 2.23. The average Bonchev–Trinajstić information content (AvgIpc) is 3.07. The van der Waals surface area contributed by atoms with Crippen LogP contribution in [0.1, 0.15) is 16.7 Å². The Morgan fingerprint density at radius 3 is 2.79 bits per heavy atom. The third-order valence-corrected chi connectivity index (χ3v) is 4.30. The highest BCUT2D eigenvalue weighted by molar-refractivity contribution is 5.85. The first-order valence-corrected chi connectivity index (χ1v) is 7.76. The van der Waals surface area contributed by atoms with Gasteiger partial charge in [0.2, 0.25) is 12.7 Å². The molecule has 0 saturated carbocycles. The highest BCUT2D eigenvalue weighted by atomic mass is 35.5. The minimum Gasteiger partial charge on any atom is -0.454 e. The van der Waals surface area contributed by atoms with Crippen molar-refractivity contribution >= 4 is 18.3 Å². The summed E-state index contributed by atoms with van der Waals surface area (Å²) in [5, 5.41) is 6.29. The van der Waals surface area contributed by atoms with E-state index in [2.05, 4.69) is 22.8 Å². The Morgan fingerprint density at radius 2 is 1.92 bits per heavy atom. The molecule has 0 aromatic heterocycles. The number of halogens is 1. The summed E-state index contributed by atoms with van der Waals surface area (Å²) in [6, 6.07) is 13.8. The topological polar surface area (TPSA) is 59.6 Å². The molecule has 1 unspecified atom stereocenters. The third kappa shape index (κ3) is 3.32. The molecule has 6 heteroatoms. The lowest BCUT2D eigenvalue weighted by Gasteiger charge is -2.25. The Hall–Kier alpha value is -2.24. The van der Waals surface area contributed by atoms with Crippen LogP contribution in [0.3, 0.4) is 0 Å². The summed E-state index contributed by atoms with van der Waals surface area (Å²) in [7, 11) is 0. The van der Waals surface area contributed by atoms with E-state index in [-0.39, 0.29) is 31.1 Å². The maximum absolute atomic E-state index is 12.4. The molecule has 0 saturated heterocycles. The third-order valence-electron chi connectivity index (χ3n) is 4.30. The first-order valence-electron chi connectivity index (χ1n) is 7.76. The van der Waals surface area contributed by atoms with Crippen LogP contribution in [-0.4, -0.2) is 18.7 Å². The van der Waals surface area contributed by atoms with Gasteiger partial charge in [-0.3, -0.25) is 4.79 Å². The van der Waals surface area contributed by atoms with E-state index in [9.17, 15) is 4.79 Å². The number of benzene rings is 2. The molecule has 4 rings (SSSR count). The van der Waals surface area contributed by atoms with Crippen molar-refractivity contribution in [3.05, 3.63) is 59.2 Å². The van der Waals surface area contributed by atoms with Crippen LogP contribution in [0.4, 0.5) is 0 Å². The molecule has 0 radical (unpaired) electrons. The Balaban J connectivity index is 0.00000169. The molecule has 2 aromatic rings. The van der Waals surface area contributed by atoms with Crippen molar-refractivity contribution in [3.63, 3.8) is 0 Å². The quantitative estimate of drug-likeness (QED) is 0.894. The average molecular weight is 347 g/mol. The SMILES string of the molecule is Cl.O=C(NCc1ccc2c(c1)OCO2)C1Cc2ccccc2CN1. The minimum atomic E-state index is -0.182. The molecule has 0 bridgehead atoms. The van der Waals surface area contributed by atoms with Gasteiger partial charge in [0.1, 0.15) is 0 Å². The Kier molecular flexibility index (Phi) is 4.92. The summed E-state index contributed by atoms with van der Waals surface area (Å²) in [6.07, 6.45) is 0.725. The number of ether oxygens (including phenoxy) is 2. The molecule has 2 heterocycles. The number of carbonyl (C=O) groups is 1. The van der Waals surface area contributed by atoms with E-state index >= 15 is 0 Å². The molecule has 5 nitrogen and oxygen atoms in total. The van der Waals surface area contributed by atoms with Crippen molar-refractivity contribution in [2.24, 2.45) is 0 Å². The molecule has 2 aliphatic heterocycles. The Labute approximate surface area is 146 Å². The van der Waals surface area contributed by atoms with Crippen LogP contribution < -0.4 is 20.1 Å². The Morgan fingerprint density at radius 1 is 1.12 bits per heavy atom. The van der Waals surface area contributed by atoms with Crippen LogP contribution in [0.15, 0.2) is 42.5 Å². The van der Waals surface area contributed by atoms with Gasteiger partial charge in [-0.1, -0.05) is 30.3 Å². The van der Waals surface area contributed by atoms with Crippen molar-refractivity contribution < 1.29 is 14.3 Å². The lowest BCUT2D eigenvalue weighted by Crippen LogP contribution is -2.47. The van der Waals surface area contributed by atoms with Gasteiger partial charge in [0, 0.05) is 13.1 Å². The summed E-state index contributed by atoms with van der Waals surface area (Å²) >= 11 is 0. The molecule has 0 fully saturated rings. The zero-order valence-electron chi connectivity index (χ0n) is 13.1. The molecule has 1 atom stereocenters. The van der Waals surface area contributed by atoms with Gasteiger partial charge in [0.25, 0.3) is 0 Å². The number of hydrogen-bond donors (Lipinski definition) is 2. The predicted molar refractivity (Wildman–Crippen MR) is 92.4 cm³/mol. The standard InChI is InChI=1S/C18H18N2O3.ClH/c21-18(15-8-13-3-1-2-4-14(13)10-19-15)20-9-12-5-6-16-17(7-12)23-11-22-16;/h1-7,15,19H,8-11H2,(H,20,21);1H. The molecular formula is C18H19ClN2O3. The normalized spacial score (nSPS) is 17.6. The molecule has 0 spiro atoms. The van der Waals surface area contributed by atoms with Crippen LogP contribution in [0.25, 0.3) is 0 Å². The second-order valence-electron chi connectivity index (χ2n) is 5.81. The lowest BCUT2D eigenvalue weighted by molar-refractivity contribution is -0.123. The summed E-state index contributed by atoms with van der Waals surface area (Å²) in [4.78, 5) is 12.4. The van der Waals surface area contributed by atoms with E-state index in [1.807, 2.05) is 30.3 Å². The van der Waals surface area contributed by atoms with Crippen molar-refractivity contribution in [3.8, 4) is 11.5 Å². The summed E-state index contributed by atoms with van der Waals surface area (Å²) < 4.78 is 10.6. The molecule has 126 valence electrons. The van der Waals surface area contributed by atoms with Crippen molar-refractivity contribution in [1.82, 2.24) is 10.6 Å². The van der Waals surface area contributed by atoms with Gasteiger partial charge in [0.05, 0.1) is 6.04 Å². The Bertz CT molecular complexity index is 751. The van der Waals surface area contributed by atoms with E-state index in [0.717, 1.165) is 30.0 Å². The van der Waals surface area contributed by atoms with Crippen LogP contribution >= 0.6 is 12.4 Å². The van der Waals surface area contributed by atoms with Crippen LogP contribution in [0.2, 0.25) is 0 Å². The van der Waals surface area contributed by atoms with Crippen LogP contribution in [-0.2, 0) is 24.3 Å². The van der Waals surface area contributed by atoms with E-state index in [0.29, 0.717) is 6.54 Å². The van der Waals surface area contributed by atoms with Crippen molar-refractivity contribution in [1.29, 1.82) is 0 Å². The monoisotopic (exact) mass is 346 g/mol. The molecule has 2 N–H and O–H groups in total. The fourth-order valence-electron chi connectivity index (χ4n) is 3.00. The van der Waals surface area contributed by atoms with Gasteiger partial charge in [-0.25, -0.2) is 0 Å². The molecule has 24 heavy (non-hydrogen) atoms. The highest BCUT2D eigenvalue weighted by Crippen LogP contribution is 2.32. The summed E-state index contributed by atoms with van der Waals surface area (Å²) in [5.74, 6) is 1.52. The maximum atomic E-state index is 12.4. The number of amides is 1. The summed E-state index contributed by atoms with van der Waals surface area (Å²) in [5.41, 5.74) is 3.51. The molecule has 1 amide bonds. The molecule has 0 aliphatic carbocycles. The first-order chi connectivity index (χ1) is 11.3. The van der Waals surface area contributed by atoms with E-state index in [1.165, 1.54) is 11.1 Å². The smallest absolute Gasteiger partial charge is 0.237 e. The van der Waals surface area contributed by atoms with Gasteiger partial charge in [-0.05, 0) is 35.2 Å². The van der Waals surface area contributed by atoms with Crippen LogP contribution in [0, 0.1) is 0 Å². The van der Waals surface area contributed by atoms with Gasteiger partial charge in [0.15, 0.2) is 11.5 Å². The largest absolute Gasteiger partial charge is 0.454 e. The van der Waals surface area contributed by atoms with Crippen molar-refractivity contribution in [2.75, 3.05) is 6.79 Å². The van der Waals surface area contributed by atoms with E-state index < -0.39 is 0 Å². The molecule has 2 aromatic carbocycles. The zero-order valence-corrected chi connectivity index (χ0v) is 13.9. The maximum Gasteiger partial charge on any atom is 0.237 e. The van der Waals surface area contributed by atoms with E-state index in [4.69, 9.17) is 9.47 Å². The second kappa shape index (κ2) is 7.11. The van der Waals surface area contributed by atoms with Gasteiger partial charge < -0.3 is 20.1 Å². The zero-order chi connectivity index (χ0) is 15.6. The molecular weight excluding hydrogens is 328 g/mol. The number of carbonyl (C=O) groups excluding carboxylic acids is 1. The molecule has 2 aliphatic rings. The number of hydrogen-bond acceptors (Lipinski definition) is 4. The van der Waals surface area contributed by atoms with Gasteiger partial charge >= 0.3 is 0 Å².